The van der Waals surface area contributed by atoms with Gasteiger partial charge in [-0.1, -0.05) is 59.4 Å². The van der Waals surface area contributed by atoms with Crippen LogP contribution in [0.25, 0.3) is 0 Å². The fourth-order valence-corrected chi connectivity index (χ4v) is 3.20. The minimum atomic E-state index is -0.330. The molecule has 174 valence electrons. The Kier molecular flexibility index (Phi) is 11.1. The summed E-state index contributed by atoms with van der Waals surface area (Å²) in [4.78, 5) is 12.5. The molecule has 2 aromatic rings. The molecule has 0 aliphatic carbocycles. The monoisotopic (exact) mass is 438 g/mol. The van der Waals surface area contributed by atoms with Crippen molar-refractivity contribution >= 4 is 11.6 Å². The van der Waals surface area contributed by atoms with Gasteiger partial charge in [-0.05, 0) is 55.7 Å². The summed E-state index contributed by atoms with van der Waals surface area (Å²) >= 11 is 0. The zero-order chi connectivity index (χ0) is 24.3. The fourth-order valence-electron chi connectivity index (χ4n) is 3.20. The zero-order valence-corrected chi connectivity index (χ0v) is 20.8. The lowest BCUT2D eigenvalue weighted by atomic mass is 10.0. The van der Waals surface area contributed by atoms with Crippen LogP contribution in [0.4, 0.5) is 5.69 Å². The summed E-state index contributed by atoms with van der Waals surface area (Å²) in [5.74, 6) is 1.31. The first-order valence-corrected chi connectivity index (χ1v) is 11.4. The number of benzene rings is 1. The quantitative estimate of drug-likeness (QED) is 0.453. The second kappa shape index (κ2) is 13.3. The topological polar surface area (TPSA) is 63.5 Å². The zero-order valence-electron chi connectivity index (χ0n) is 20.8. The number of furan rings is 1. The molecule has 5 heteroatoms. The van der Waals surface area contributed by atoms with Gasteiger partial charge in [-0.15, -0.1) is 0 Å². The molecule has 5 nitrogen and oxygen atoms in total. The summed E-state index contributed by atoms with van der Waals surface area (Å²) in [6.45, 7) is 20.5. The maximum Gasteiger partial charge on any atom is 0.291 e. The van der Waals surface area contributed by atoms with Crippen LogP contribution in [0.15, 0.2) is 64.8 Å². The van der Waals surface area contributed by atoms with Crippen molar-refractivity contribution in [2.24, 2.45) is 0 Å². The second-order valence-corrected chi connectivity index (χ2v) is 6.95. The van der Waals surface area contributed by atoms with Gasteiger partial charge in [-0.3, -0.25) is 4.79 Å². The molecule has 1 atom stereocenters. The van der Waals surface area contributed by atoms with Gasteiger partial charge in [0.2, 0.25) is 0 Å². The summed E-state index contributed by atoms with van der Waals surface area (Å²) in [5.41, 5.74) is 5.00. The average molecular weight is 439 g/mol. The van der Waals surface area contributed by atoms with Gasteiger partial charge >= 0.3 is 0 Å². The van der Waals surface area contributed by atoms with Gasteiger partial charge in [-0.25, -0.2) is 0 Å². The standard InChI is InChI=1S/C23H26N2O3.2C2H6/c1-6-8-14(3)18(7-2)25-23(26)20-9-10-22(27-20)28-21-12-17-16(5)13-24-19(17)11-15(21)4;2*1-2/h6-12,16,24H,1,13H2,2-5H3,(H,25,26);2*1-2H3/b14-8-,18-7+;;. The van der Waals surface area contributed by atoms with Crippen molar-refractivity contribution in [2.45, 2.75) is 61.3 Å². The number of carbonyl (C=O) groups is 1. The third-order valence-corrected chi connectivity index (χ3v) is 4.82. The number of carbonyl (C=O) groups excluding carboxylic acids is 1. The number of nitrogens with one attached hydrogen (secondary N) is 2. The van der Waals surface area contributed by atoms with Crippen LogP contribution in [0.2, 0.25) is 0 Å². The van der Waals surface area contributed by atoms with E-state index in [1.807, 2.05) is 66.7 Å². The maximum absolute atomic E-state index is 12.5. The highest BCUT2D eigenvalue weighted by Gasteiger charge is 2.21. The van der Waals surface area contributed by atoms with Crippen LogP contribution in [0.3, 0.4) is 0 Å². The molecule has 3 rings (SSSR count). The largest absolute Gasteiger partial charge is 0.426 e. The molecule has 0 bridgehead atoms. The van der Waals surface area contributed by atoms with Gasteiger partial charge in [0.25, 0.3) is 11.9 Å². The van der Waals surface area contributed by atoms with E-state index in [0.29, 0.717) is 11.6 Å². The van der Waals surface area contributed by atoms with E-state index < -0.39 is 0 Å². The van der Waals surface area contributed by atoms with E-state index in [2.05, 4.69) is 30.2 Å². The molecule has 1 amide bonds. The van der Waals surface area contributed by atoms with E-state index in [9.17, 15) is 4.79 Å². The third kappa shape index (κ3) is 6.64. The Bertz CT molecular complexity index is 967. The predicted molar refractivity (Wildman–Crippen MR) is 135 cm³/mol. The van der Waals surface area contributed by atoms with Gasteiger partial charge < -0.3 is 19.8 Å². The second-order valence-electron chi connectivity index (χ2n) is 6.95. The maximum atomic E-state index is 12.5. The number of fused-ring (bicyclic) bond motifs is 1. The van der Waals surface area contributed by atoms with Gasteiger partial charge in [0.05, 0.1) is 0 Å². The average Bonchev–Trinajstić information content (AvgIpc) is 3.42. The number of amides is 1. The van der Waals surface area contributed by atoms with Gasteiger partial charge in [0.15, 0.2) is 5.76 Å². The van der Waals surface area contributed by atoms with Crippen LogP contribution >= 0.6 is 0 Å². The lowest BCUT2D eigenvalue weighted by Gasteiger charge is -2.10. The molecule has 0 fully saturated rings. The number of aryl methyl sites for hydroxylation is 1. The summed E-state index contributed by atoms with van der Waals surface area (Å²) in [6.07, 6.45) is 5.34. The van der Waals surface area contributed by atoms with E-state index in [1.165, 1.54) is 5.56 Å². The van der Waals surface area contributed by atoms with Crippen LogP contribution in [-0.4, -0.2) is 12.5 Å². The van der Waals surface area contributed by atoms with Crippen molar-refractivity contribution in [3.05, 3.63) is 77.2 Å². The number of ether oxygens (including phenoxy) is 1. The summed E-state index contributed by atoms with van der Waals surface area (Å²) < 4.78 is 11.5. The number of anilines is 1. The van der Waals surface area contributed by atoms with Crippen molar-refractivity contribution in [3.63, 3.8) is 0 Å². The van der Waals surface area contributed by atoms with Crippen molar-refractivity contribution in [1.29, 1.82) is 0 Å². The van der Waals surface area contributed by atoms with Crippen molar-refractivity contribution in [1.82, 2.24) is 5.32 Å². The van der Waals surface area contributed by atoms with E-state index >= 15 is 0 Å². The smallest absolute Gasteiger partial charge is 0.291 e. The van der Waals surface area contributed by atoms with Crippen molar-refractivity contribution in [2.75, 3.05) is 11.9 Å². The normalized spacial score (nSPS) is 14.7. The Labute approximate surface area is 193 Å². The fraction of sp³-hybridized carbons (Fsp3) is 0.370. The molecular weight excluding hydrogens is 400 g/mol. The number of rotatable bonds is 6. The molecule has 0 radical (unpaired) electrons. The first kappa shape index (κ1) is 26.8. The highest BCUT2D eigenvalue weighted by molar-refractivity contribution is 5.93. The van der Waals surface area contributed by atoms with Gasteiger partial charge in [0.1, 0.15) is 5.75 Å². The number of hydrogen-bond donors (Lipinski definition) is 2. The molecule has 1 unspecified atom stereocenters. The molecule has 1 aromatic heterocycles. The Morgan fingerprint density at radius 2 is 1.94 bits per heavy atom. The predicted octanol–water partition coefficient (Wildman–Crippen LogP) is 7.73. The van der Waals surface area contributed by atoms with E-state index in [0.717, 1.165) is 29.1 Å². The number of hydrogen-bond acceptors (Lipinski definition) is 4. The van der Waals surface area contributed by atoms with Crippen LogP contribution in [0.1, 0.15) is 76.1 Å². The Balaban J connectivity index is 0.00000121. The molecule has 2 heterocycles. The highest BCUT2D eigenvalue weighted by atomic mass is 16.6. The Morgan fingerprint density at radius 3 is 2.56 bits per heavy atom. The lowest BCUT2D eigenvalue weighted by molar-refractivity contribution is 0.0934. The summed E-state index contributed by atoms with van der Waals surface area (Å²) in [7, 11) is 0. The lowest BCUT2D eigenvalue weighted by Crippen LogP contribution is -2.22. The van der Waals surface area contributed by atoms with Crippen molar-refractivity contribution < 1.29 is 13.9 Å². The minimum absolute atomic E-state index is 0.189. The van der Waals surface area contributed by atoms with Crippen LogP contribution in [0, 0.1) is 6.92 Å². The van der Waals surface area contributed by atoms with E-state index in [-0.39, 0.29) is 17.6 Å². The molecule has 1 aliphatic heterocycles. The molecule has 1 aliphatic rings. The Hall–Kier alpha value is -3.21. The van der Waals surface area contributed by atoms with E-state index in [1.54, 1.807) is 18.2 Å². The highest BCUT2D eigenvalue weighted by Crippen LogP contribution is 2.38. The van der Waals surface area contributed by atoms with Gasteiger partial charge in [0, 0.05) is 29.9 Å². The molecule has 2 N–H and O–H groups in total. The molecule has 0 saturated heterocycles. The first-order valence-electron chi connectivity index (χ1n) is 11.4. The molecular formula is C27H38N2O3. The first-order chi connectivity index (χ1) is 15.4. The van der Waals surface area contributed by atoms with Gasteiger partial charge in [-0.2, -0.15) is 0 Å². The van der Waals surface area contributed by atoms with Crippen molar-refractivity contribution in [3.8, 4) is 11.7 Å². The molecule has 0 spiro atoms. The van der Waals surface area contributed by atoms with E-state index in [4.69, 9.17) is 9.15 Å². The molecule has 32 heavy (non-hydrogen) atoms. The molecule has 1 aromatic carbocycles. The summed E-state index contributed by atoms with van der Waals surface area (Å²) in [6, 6.07) is 7.39. The third-order valence-electron chi connectivity index (χ3n) is 4.82. The van der Waals surface area contributed by atoms with Crippen LogP contribution in [-0.2, 0) is 0 Å². The number of allylic oxidation sites excluding steroid dienone is 4. The Morgan fingerprint density at radius 1 is 1.25 bits per heavy atom. The van der Waals surface area contributed by atoms with Crippen LogP contribution in [0.5, 0.6) is 11.7 Å². The van der Waals surface area contributed by atoms with Crippen LogP contribution < -0.4 is 15.4 Å². The summed E-state index contributed by atoms with van der Waals surface area (Å²) in [5, 5.41) is 6.24. The SMILES string of the molecule is C=C/C=C(C)\C(=C/C)NC(=O)c1ccc(Oc2cc3c(cc2C)NCC3C)o1.CC.CC. The molecule has 0 saturated carbocycles. The minimum Gasteiger partial charge on any atom is -0.426 e.